The van der Waals surface area contributed by atoms with Crippen LogP contribution in [0.4, 0.5) is 0 Å². The third-order valence-corrected chi connectivity index (χ3v) is 2.37. The number of ether oxygens (including phenoxy) is 1. The average molecular weight is 193 g/mol. The van der Waals surface area contributed by atoms with Crippen molar-refractivity contribution in [2.24, 2.45) is 0 Å². The van der Waals surface area contributed by atoms with Crippen LogP contribution in [0.1, 0.15) is 5.56 Å². The zero-order valence-corrected chi connectivity index (χ0v) is 8.07. The van der Waals surface area contributed by atoms with Gasteiger partial charge in [0.2, 0.25) is 0 Å². The maximum Gasteiger partial charge on any atom is 0.123 e. The van der Waals surface area contributed by atoms with Crippen molar-refractivity contribution in [3.05, 3.63) is 29.8 Å². The van der Waals surface area contributed by atoms with E-state index < -0.39 is 0 Å². The average Bonchev–Trinajstić information content (AvgIpc) is 2.14. The predicted octanol–water partition coefficient (Wildman–Crippen LogP) is 0.572. The largest absolute Gasteiger partial charge is 0.488 e. The first-order valence-electron chi connectivity index (χ1n) is 4.95. The fourth-order valence-electron chi connectivity index (χ4n) is 1.40. The minimum Gasteiger partial charge on any atom is -0.488 e. The molecule has 0 amide bonds. The number of nitrogens with one attached hydrogen (secondary N) is 1. The van der Waals surface area contributed by atoms with Crippen LogP contribution >= 0.6 is 0 Å². The van der Waals surface area contributed by atoms with E-state index in [1.165, 1.54) is 0 Å². The molecule has 2 N–H and O–H groups in total. The van der Waals surface area contributed by atoms with Gasteiger partial charge in [-0.2, -0.15) is 0 Å². The molecule has 2 rings (SSSR count). The normalized spacial score (nSPS) is 16.4. The summed E-state index contributed by atoms with van der Waals surface area (Å²) >= 11 is 0. The molecule has 0 saturated carbocycles. The lowest BCUT2D eigenvalue weighted by Crippen LogP contribution is -2.50. The summed E-state index contributed by atoms with van der Waals surface area (Å²) in [4.78, 5) is 0. The fourth-order valence-corrected chi connectivity index (χ4v) is 1.40. The van der Waals surface area contributed by atoms with Gasteiger partial charge in [-0.25, -0.2) is 0 Å². The summed E-state index contributed by atoms with van der Waals surface area (Å²) in [6.45, 7) is 2.09. The Balaban J connectivity index is 1.91. The van der Waals surface area contributed by atoms with Crippen LogP contribution in [0.25, 0.3) is 0 Å². The van der Waals surface area contributed by atoms with Gasteiger partial charge in [0, 0.05) is 19.7 Å². The molecular formula is C11H15NO2. The summed E-state index contributed by atoms with van der Waals surface area (Å²) in [5.74, 6) is 0.915. The Kier molecular flexibility index (Phi) is 3.01. The second-order valence-corrected chi connectivity index (χ2v) is 3.52. The third kappa shape index (κ3) is 2.25. The first-order valence-corrected chi connectivity index (χ1v) is 4.95. The summed E-state index contributed by atoms with van der Waals surface area (Å²) in [5, 5.41) is 11.9. The van der Waals surface area contributed by atoms with E-state index >= 15 is 0 Å². The molecule has 76 valence electrons. The van der Waals surface area contributed by atoms with Crippen LogP contribution in [-0.2, 0) is 6.42 Å². The Morgan fingerprint density at radius 1 is 1.29 bits per heavy atom. The van der Waals surface area contributed by atoms with Gasteiger partial charge in [-0.3, -0.25) is 0 Å². The minimum absolute atomic E-state index is 0.201. The maximum absolute atomic E-state index is 8.74. The second-order valence-electron chi connectivity index (χ2n) is 3.52. The number of hydrogen-bond donors (Lipinski definition) is 2. The maximum atomic E-state index is 8.74. The smallest absolute Gasteiger partial charge is 0.123 e. The van der Waals surface area contributed by atoms with Crippen molar-refractivity contribution >= 4 is 0 Å². The summed E-state index contributed by atoms with van der Waals surface area (Å²) in [6, 6.07) is 7.92. The van der Waals surface area contributed by atoms with Crippen LogP contribution in [0.3, 0.4) is 0 Å². The van der Waals surface area contributed by atoms with Crippen molar-refractivity contribution in [2.45, 2.75) is 12.5 Å². The van der Waals surface area contributed by atoms with E-state index in [0.29, 0.717) is 12.5 Å². The molecule has 0 aliphatic carbocycles. The van der Waals surface area contributed by atoms with Gasteiger partial charge in [-0.05, 0) is 24.1 Å². The summed E-state index contributed by atoms with van der Waals surface area (Å²) < 4.78 is 5.66. The Morgan fingerprint density at radius 3 is 2.50 bits per heavy atom. The van der Waals surface area contributed by atoms with Crippen molar-refractivity contribution in [1.82, 2.24) is 5.32 Å². The van der Waals surface area contributed by atoms with Crippen LogP contribution in [0, 0.1) is 0 Å². The molecule has 0 aromatic heterocycles. The van der Waals surface area contributed by atoms with E-state index in [1.807, 2.05) is 24.3 Å². The standard InChI is InChI=1S/C11H15NO2/c13-6-5-9-1-3-10(4-2-9)14-11-7-12-8-11/h1-4,11-13H,5-8H2. The van der Waals surface area contributed by atoms with Gasteiger partial charge >= 0.3 is 0 Å². The van der Waals surface area contributed by atoms with Crippen molar-refractivity contribution in [1.29, 1.82) is 0 Å². The van der Waals surface area contributed by atoms with Crippen molar-refractivity contribution in [2.75, 3.05) is 19.7 Å². The van der Waals surface area contributed by atoms with Gasteiger partial charge in [0.05, 0.1) is 0 Å². The molecule has 1 aliphatic rings. The van der Waals surface area contributed by atoms with E-state index in [1.54, 1.807) is 0 Å². The molecule has 0 bridgehead atoms. The molecule has 1 heterocycles. The summed E-state index contributed by atoms with van der Waals surface area (Å²) in [5.41, 5.74) is 1.14. The molecule has 3 nitrogen and oxygen atoms in total. The molecule has 14 heavy (non-hydrogen) atoms. The van der Waals surface area contributed by atoms with Crippen LogP contribution in [0.2, 0.25) is 0 Å². The van der Waals surface area contributed by atoms with Gasteiger partial charge in [-0.15, -0.1) is 0 Å². The molecule has 1 aromatic carbocycles. The van der Waals surface area contributed by atoms with E-state index in [9.17, 15) is 0 Å². The van der Waals surface area contributed by atoms with E-state index in [0.717, 1.165) is 24.4 Å². The summed E-state index contributed by atoms with van der Waals surface area (Å²) in [7, 11) is 0. The summed E-state index contributed by atoms with van der Waals surface area (Å²) in [6.07, 6.45) is 1.05. The zero-order valence-electron chi connectivity index (χ0n) is 8.07. The van der Waals surface area contributed by atoms with E-state index in [-0.39, 0.29) is 6.61 Å². The number of hydrogen-bond acceptors (Lipinski definition) is 3. The van der Waals surface area contributed by atoms with Crippen LogP contribution in [-0.4, -0.2) is 30.9 Å². The Hall–Kier alpha value is -1.06. The topological polar surface area (TPSA) is 41.5 Å². The van der Waals surface area contributed by atoms with Crippen molar-refractivity contribution in [3.63, 3.8) is 0 Å². The highest BCUT2D eigenvalue weighted by atomic mass is 16.5. The lowest BCUT2D eigenvalue weighted by atomic mass is 10.1. The molecule has 1 saturated heterocycles. The number of benzene rings is 1. The van der Waals surface area contributed by atoms with Crippen LogP contribution < -0.4 is 10.1 Å². The zero-order chi connectivity index (χ0) is 9.80. The van der Waals surface area contributed by atoms with Gasteiger partial charge in [-0.1, -0.05) is 12.1 Å². The Morgan fingerprint density at radius 2 is 2.00 bits per heavy atom. The van der Waals surface area contributed by atoms with Crippen LogP contribution in [0.5, 0.6) is 5.75 Å². The lowest BCUT2D eigenvalue weighted by Gasteiger charge is -2.27. The monoisotopic (exact) mass is 193 g/mol. The predicted molar refractivity (Wildman–Crippen MR) is 54.5 cm³/mol. The molecule has 1 aromatic rings. The molecule has 0 unspecified atom stereocenters. The number of aliphatic hydroxyl groups is 1. The quantitative estimate of drug-likeness (QED) is 0.734. The molecule has 0 radical (unpaired) electrons. The van der Waals surface area contributed by atoms with Gasteiger partial charge < -0.3 is 15.2 Å². The van der Waals surface area contributed by atoms with Crippen molar-refractivity contribution in [3.8, 4) is 5.75 Å². The minimum atomic E-state index is 0.201. The third-order valence-electron chi connectivity index (χ3n) is 2.37. The highest BCUT2D eigenvalue weighted by molar-refractivity contribution is 5.27. The van der Waals surface area contributed by atoms with Gasteiger partial charge in [0.25, 0.3) is 0 Å². The molecule has 1 aliphatic heterocycles. The van der Waals surface area contributed by atoms with Crippen molar-refractivity contribution < 1.29 is 9.84 Å². The Labute approximate surface area is 83.7 Å². The van der Waals surface area contributed by atoms with Crippen LogP contribution in [0.15, 0.2) is 24.3 Å². The highest BCUT2D eigenvalue weighted by Gasteiger charge is 2.17. The van der Waals surface area contributed by atoms with Gasteiger partial charge in [0.1, 0.15) is 11.9 Å². The lowest BCUT2D eigenvalue weighted by molar-refractivity contribution is 0.142. The second kappa shape index (κ2) is 4.44. The number of aliphatic hydroxyl groups excluding tert-OH is 1. The molecule has 0 atom stereocenters. The fraction of sp³-hybridized carbons (Fsp3) is 0.455. The first kappa shape index (κ1) is 9.49. The Bertz CT molecular complexity index is 280. The van der Waals surface area contributed by atoms with E-state index in [2.05, 4.69) is 5.32 Å². The molecular weight excluding hydrogens is 178 g/mol. The molecule has 3 heteroatoms. The van der Waals surface area contributed by atoms with E-state index in [4.69, 9.17) is 9.84 Å². The van der Waals surface area contributed by atoms with Gasteiger partial charge in [0.15, 0.2) is 0 Å². The highest BCUT2D eigenvalue weighted by Crippen LogP contribution is 2.15. The number of rotatable bonds is 4. The first-order chi connectivity index (χ1) is 6.88. The molecule has 0 spiro atoms. The SMILES string of the molecule is OCCc1ccc(OC2CNC2)cc1. The molecule has 1 fully saturated rings.